The van der Waals surface area contributed by atoms with Crippen molar-refractivity contribution >= 4 is 17.2 Å². The van der Waals surface area contributed by atoms with E-state index in [4.69, 9.17) is 19.0 Å². The van der Waals surface area contributed by atoms with Crippen LogP contribution in [0.4, 0.5) is 4.39 Å². The van der Waals surface area contributed by atoms with Crippen molar-refractivity contribution < 1.29 is 28.2 Å². The van der Waals surface area contributed by atoms with E-state index in [2.05, 4.69) is 15.0 Å². The lowest BCUT2D eigenvalue weighted by Crippen LogP contribution is -2.10. The lowest BCUT2D eigenvalue weighted by Gasteiger charge is -2.11. The molecule has 8 nitrogen and oxygen atoms in total. The molecule has 0 aliphatic carbocycles. The lowest BCUT2D eigenvalue weighted by molar-refractivity contribution is -0.139. The fourth-order valence-corrected chi connectivity index (χ4v) is 2.96. The summed E-state index contributed by atoms with van der Waals surface area (Å²) in [6.07, 6.45) is 1.45. The van der Waals surface area contributed by atoms with Crippen LogP contribution in [0.2, 0.25) is 0 Å². The molecule has 0 bridgehead atoms. The Labute approximate surface area is 169 Å². The van der Waals surface area contributed by atoms with E-state index in [0.29, 0.717) is 22.7 Å². The maximum atomic E-state index is 13.3. The summed E-state index contributed by atoms with van der Waals surface area (Å²) in [6.45, 7) is 3.19. The zero-order valence-electron chi connectivity index (χ0n) is 16.0. The second-order valence-electron chi connectivity index (χ2n) is 6.54. The number of benzene rings is 2. The van der Waals surface area contributed by atoms with E-state index < -0.39 is 18.4 Å². The number of fused-ring (bicyclic) bond motifs is 1. The number of carboxylic acids is 1. The summed E-state index contributed by atoms with van der Waals surface area (Å²) < 4.78 is 29.9. The molecule has 0 fully saturated rings. The van der Waals surface area contributed by atoms with Crippen LogP contribution in [-0.2, 0) is 4.79 Å². The van der Waals surface area contributed by atoms with Crippen LogP contribution in [-0.4, -0.2) is 32.6 Å². The number of hydrogen-bond acceptors (Lipinski definition) is 7. The molecule has 0 saturated carbocycles. The molecule has 0 unspecified atom stereocenters. The number of rotatable bonds is 6. The molecule has 0 radical (unpaired) electrons. The van der Waals surface area contributed by atoms with Crippen LogP contribution in [0.5, 0.6) is 17.5 Å². The highest BCUT2D eigenvalue weighted by atomic mass is 19.1. The van der Waals surface area contributed by atoms with E-state index in [1.165, 1.54) is 24.4 Å². The van der Waals surface area contributed by atoms with E-state index in [0.717, 1.165) is 11.1 Å². The van der Waals surface area contributed by atoms with Gasteiger partial charge in [-0.3, -0.25) is 0 Å². The summed E-state index contributed by atoms with van der Waals surface area (Å²) in [7, 11) is 0. The number of oxazole rings is 1. The number of nitrogens with zero attached hydrogens (tertiary/aromatic N) is 3. The number of ether oxygens (including phenoxy) is 2. The highest BCUT2D eigenvalue weighted by molar-refractivity contribution is 5.73. The van der Waals surface area contributed by atoms with Gasteiger partial charge in [0.05, 0.1) is 6.20 Å². The molecular formula is C21H16FN3O5. The van der Waals surface area contributed by atoms with Gasteiger partial charge in [-0.1, -0.05) is 6.07 Å². The van der Waals surface area contributed by atoms with Gasteiger partial charge in [-0.2, -0.15) is 4.98 Å². The lowest BCUT2D eigenvalue weighted by atomic mass is 10.1. The number of aromatic nitrogens is 3. The van der Waals surface area contributed by atoms with Gasteiger partial charge in [-0.05, 0) is 49.2 Å². The van der Waals surface area contributed by atoms with E-state index >= 15 is 0 Å². The van der Waals surface area contributed by atoms with E-state index in [-0.39, 0.29) is 17.5 Å². The molecule has 2 aromatic heterocycles. The molecule has 0 amide bonds. The molecule has 152 valence electrons. The first kappa shape index (κ1) is 19.3. The minimum atomic E-state index is -1.05. The molecule has 0 aliphatic heterocycles. The SMILES string of the molecule is Cc1cc(-c2nc3cnc(Oc4cccc(F)c4)nc3o2)cc(C)c1OCC(=O)O. The smallest absolute Gasteiger partial charge is 0.341 e. The molecule has 0 atom stereocenters. The fourth-order valence-electron chi connectivity index (χ4n) is 2.96. The molecule has 0 saturated heterocycles. The number of halogens is 1. The third-order valence-electron chi connectivity index (χ3n) is 4.18. The Morgan fingerprint density at radius 2 is 1.93 bits per heavy atom. The summed E-state index contributed by atoms with van der Waals surface area (Å²) in [4.78, 5) is 23.4. The van der Waals surface area contributed by atoms with Gasteiger partial charge in [-0.15, -0.1) is 0 Å². The largest absolute Gasteiger partial charge is 0.481 e. The van der Waals surface area contributed by atoms with Gasteiger partial charge in [0, 0.05) is 11.6 Å². The minimum Gasteiger partial charge on any atom is -0.481 e. The van der Waals surface area contributed by atoms with Gasteiger partial charge in [0.25, 0.3) is 5.71 Å². The predicted octanol–water partition coefficient (Wildman–Crippen LogP) is 4.30. The van der Waals surface area contributed by atoms with Crippen molar-refractivity contribution in [1.82, 2.24) is 15.0 Å². The Morgan fingerprint density at radius 3 is 2.63 bits per heavy atom. The molecule has 4 aromatic rings. The van der Waals surface area contributed by atoms with Crippen LogP contribution in [0.3, 0.4) is 0 Å². The maximum Gasteiger partial charge on any atom is 0.341 e. The van der Waals surface area contributed by atoms with Crippen molar-refractivity contribution in [3.63, 3.8) is 0 Å². The van der Waals surface area contributed by atoms with Crippen LogP contribution in [0.25, 0.3) is 22.7 Å². The number of carbonyl (C=O) groups is 1. The van der Waals surface area contributed by atoms with Gasteiger partial charge >= 0.3 is 12.0 Å². The van der Waals surface area contributed by atoms with E-state index in [1.807, 2.05) is 0 Å². The van der Waals surface area contributed by atoms with Crippen molar-refractivity contribution in [3.8, 4) is 29.0 Å². The Hall–Kier alpha value is -4.01. The van der Waals surface area contributed by atoms with Gasteiger partial charge < -0.3 is 19.0 Å². The number of carboxylic acid groups (broad SMARTS) is 1. The third-order valence-corrected chi connectivity index (χ3v) is 4.18. The quantitative estimate of drug-likeness (QED) is 0.502. The van der Waals surface area contributed by atoms with Crippen LogP contribution in [0.15, 0.2) is 47.0 Å². The Morgan fingerprint density at radius 1 is 1.17 bits per heavy atom. The Bertz CT molecular complexity index is 1230. The Balaban J connectivity index is 1.63. The maximum absolute atomic E-state index is 13.3. The normalized spacial score (nSPS) is 10.9. The molecule has 30 heavy (non-hydrogen) atoms. The molecule has 0 spiro atoms. The highest BCUT2D eigenvalue weighted by Gasteiger charge is 2.15. The van der Waals surface area contributed by atoms with Crippen molar-refractivity contribution in [2.75, 3.05) is 6.61 Å². The first-order valence-electron chi connectivity index (χ1n) is 8.92. The molecule has 4 rings (SSSR count). The van der Waals surface area contributed by atoms with Crippen molar-refractivity contribution in [2.24, 2.45) is 0 Å². The molecule has 9 heteroatoms. The number of aryl methyl sites for hydroxylation is 2. The van der Waals surface area contributed by atoms with Gasteiger partial charge in [0.1, 0.15) is 22.8 Å². The van der Waals surface area contributed by atoms with Crippen LogP contribution >= 0.6 is 0 Å². The second kappa shape index (κ2) is 7.78. The van der Waals surface area contributed by atoms with E-state index in [1.54, 1.807) is 32.0 Å². The Kier molecular flexibility index (Phi) is 5.01. The number of aliphatic carboxylic acids is 1. The summed E-state index contributed by atoms with van der Waals surface area (Å²) in [5, 5.41) is 8.81. The van der Waals surface area contributed by atoms with Crippen molar-refractivity contribution in [2.45, 2.75) is 13.8 Å². The van der Waals surface area contributed by atoms with Crippen LogP contribution in [0.1, 0.15) is 11.1 Å². The van der Waals surface area contributed by atoms with Gasteiger partial charge in [-0.25, -0.2) is 19.2 Å². The summed E-state index contributed by atoms with van der Waals surface area (Å²) in [5.41, 5.74) is 2.81. The average molecular weight is 409 g/mol. The molecule has 1 N–H and O–H groups in total. The standard InChI is InChI=1S/C21H16FN3O5/c1-11-6-13(7-12(2)18(11)28-10-17(26)27)19-24-16-9-23-21(25-20(16)30-19)29-15-5-3-4-14(22)8-15/h3-9H,10H2,1-2H3,(H,26,27). The number of hydrogen-bond donors (Lipinski definition) is 1. The predicted molar refractivity (Wildman–Crippen MR) is 104 cm³/mol. The van der Waals surface area contributed by atoms with Crippen LogP contribution in [0, 0.1) is 19.7 Å². The third kappa shape index (κ3) is 4.04. The second-order valence-corrected chi connectivity index (χ2v) is 6.54. The highest BCUT2D eigenvalue weighted by Crippen LogP contribution is 2.31. The topological polar surface area (TPSA) is 108 Å². The first-order chi connectivity index (χ1) is 14.4. The monoisotopic (exact) mass is 409 g/mol. The van der Waals surface area contributed by atoms with Gasteiger partial charge in [0.15, 0.2) is 6.61 Å². The summed E-state index contributed by atoms with van der Waals surface area (Å²) in [5.74, 6) is -0.401. The van der Waals surface area contributed by atoms with Crippen molar-refractivity contribution in [3.05, 3.63) is 59.5 Å². The minimum absolute atomic E-state index is 0.000537. The molecule has 2 aromatic carbocycles. The zero-order valence-corrected chi connectivity index (χ0v) is 16.0. The fraction of sp³-hybridized carbons (Fsp3) is 0.143. The molecule has 2 heterocycles. The summed E-state index contributed by atoms with van der Waals surface area (Å²) in [6, 6.07) is 9.20. The van der Waals surface area contributed by atoms with Crippen LogP contribution < -0.4 is 9.47 Å². The summed E-state index contributed by atoms with van der Waals surface area (Å²) >= 11 is 0. The van der Waals surface area contributed by atoms with Gasteiger partial charge in [0.2, 0.25) is 5.89 Å². The first-order valence-corrected chi connectivity index (χ1v) is 8.92. The molecular weight excluding hydrogens is 393 g/mol. The zero-order chi connectivity index (χ0) is 21.3. The van der Waals surface area contributed by atoms with E-state index in [9.17, 15) is 9.18 Å². The average Bonchev–Trinajstić information content (AvgIpc) is 3.10. The molecule has 0 aliphatic rings. The van der Waals surface area contributed by atoms with Crippen molar-refractivity contribution in [1.29, 1.82) is 0 Å².